The summed E-state index contributed by atoms with van der Waals surface area (Å²) in [4.78, 5) is 14.3. The molecular weight excluding hydrogens is 517 g/mol. The molecule has 198 valence electrons. The van der Waals surface area contributed by atoms with E-state index in [1.54, 1.807) is 34.8 Å². The highest BCUT2D eigenvalue weighted by Gasteiger charge is 2.32. The minimum Gasteiger partial charge on any atom is -0.493 e. The van der Waals surface area contributed by atoms with Gasteiger partial charge in [-0.3, -0.25) is 4.79 Å². The third-order valence-corrected chi connectivity index (χ3v) is 7.29. The number of rotatable bonds is 8. The molecule has 0 bridgehead atoms. The van der Waals surface area contributed by atoms with Gasteiger partial charge in [-0.05, 0) is 68.1 Å². The molecule has 0 saturated heterocycles. The molecule has 0 amide bonds. The van der Waals surface area contributed by atoms with E-state index in [2.05, 4.69) is 4.57 Å². The number of ether oxygens (including phenoxy) is 2. The summed E-state index contributed by atoms with van der Waals surface area (Å²) in [6.45, 7) is 3.12. The third kappa shape index (κ3) is 4.57. The molecule has 39 heavy (non-hydrogen) atoms. The van der Waals surface area contributed by atoms with Crippen LogP contribution in [0.15, 0.2) is 72.8 Å². The molecule has 0 fully saturated rings. The highest BCUT2D eigenvalue weighted by Crippen LogP contribution is 2.39. The topological polar surface area (TPSA) is 57.8 Å². The Kier molecular flexibility index (Phi) is 6.83. The number of aryl methyl sites for hydroxylation is 2. The molecular formula is C31H27ClFN3O3. The van der Waals surface area contributed by atoms with Gasteiger partial charge >= 0.3 is 0 Å². The molecule has 3 aromatic carbocycles. The van der Waals surface area contributed by atoms with Gasteiger partial charge in [0.05, 0.1) is 12.2 Å². The van der Waals surface area contributed by atoms with Crippen molar-refractivity contribution in [1.82, 2.24) is 14.2 Å². The van der Waals surface area contributed by atoms with E-state index in [9.17, 15) is 9.18 Å². The average molecular weight is 544 g/mol. The average Bonchev–Trinajstić information content (AvgIpc) is 3.35. The van der Waals surface area contributed by atoms with E-state index in [-0.39, 0.29) is 18.1 Å². The SMILES string of the molecule is CCOc1ccccc1C(=O)c1c(-c2ccc(Cl)cc2)c2c3n(c(COc4ccccc4F)nn13)CCCC2. The fourth-order valence-electron chi connectivity index (χ4n) is 5.32. The molecule has 8 heteroatoms. The van der Waals surface area contributed by atoms with E-state index in [0.29, 0.717) is 34.5 Å². The summed E-state index contributed by atoms with van der Waals surface area (Å²) in [6.07, 6.45) is 2.70. The van der Waals surface area contributed by atoms with Gasteiger partial charge in [0.1, 0.15) is 23.7 Å². The van der Waals surface area contributed by atoms with Gasteiger partial charge in [-0.15, -0.1) is 5.10 Å². The summed E-state index contributed by atoms with van der Waals surface area (Å²) in [7, 11) is 0. The maximum atomic E-state index is 14.3. The Hall–Kier alpha value is -4.10. The number of hydrogen-bond donors (Lipinski definition) is 0. The van der Waals surface area contributed by atoms with Crippen LogP contribution in [0.5, 0.6) is 11.5 Å². The lowest BCUT2D eigenvalue weighted by Crippen LogP contribution is -2.11. The van der Waals surface area contributed by atoms with Gasteiger partial charge in [0.15, 0.2) is 17.4 Å². The Labute approximate surface area is 230 Å². The van der Waals surface area contributed by atoms with Crippen LogP contribution in [0.3, 0.4) is 0 Å². The predicted octanol–water partition coefficient (Wildman–Crippen LogP) is 7.14. The van der Waals surface area contributed by atoms with Crippen molar-refractivity contribution in [3.8, 4) is 22.6 Å². The highest BCUT2D eigenvalue weighted by molar-refractivity contribution is 6.30. The minimum atomic E-state index is -0.430. The van der Waals surface area contributed by atoms with Crippen LogP contribution >= 0.6 is 11.6 Å². The summed E-state index contributed by atoms with van der Waals surface area (Å²) in [5, 5.41) is 5.52. The van der Waals surface area contributed by atoms with E-state index in [0.717, 1.165) is 48.1 Å². The van der Waals surface area contributed by atoms with Crippen LogP contribution in [0.1, 0.15) is 47.2 Å². The number of para-hydroxylation sites is 2. The van der Waals surface area contributed by atoms with Crippen LogP contribution in [-0.4, -0.2) is 26.6 Å². The number of hydrogen-bond acceptors (Lipinski definition) is 4. The molecule has 0 N–H and O–H groups in total. The van der Waals surface area contributed by atoms with Crippen LogP contribution < -0.4 is 9.47 Å². The molecule has 6 rings (SSSR count). The lowest BCUT2D eigenvalue weighted by atomic mass is 9.95. The number of aromatic nitrogens is 3. The second kappa shape index (κ2) is 10.6. The molecule has 0 radical (unpaired) electrons. The van der Waals surface area contributed by atoms with Gasteiger partial charge in [-0.2, -0.15) is 0 Å². The Morgan fingerprint density at radius 3 is 2.49 bits per heavy atom. The molecule has 0 saturated carbocycles. The maximum Gasteiger partial charge on any atom is 0.215 e. The van der Waals surface area contributed by atoms with Gasteiger partial charge in [-0.25, -0.2) is 8.91 Å². The number of carbonyl (C=O) groups excluding carboxylic acids is 1. The summed E-state index contributed by atoms with van der Waals surface area (Å²) in [5.74, 6) is 0.706. The minimum absolute atomic E-state index is 0.0709. The molecule has 5 aromatic rings. The number of carbonyl (C=O) groups is 1. The largest absolute Gasteiger partial charge is 0.493 e. The number of benzene rings is 3. The smallest absolute Gasteiger partial charge is 0.215 e. The molecule has 1 aliphatic heterocycles. The van der Waals surface area contributed by atoms with Crippen molar-refractivity contribution in [3.63, 3.8) is 0 Å². The molecule has 1 aliphatic rings. The zero-order chi connectivity index (χ0) is 26.9. The number of ketones is 1. The lowest BCUT2D eigenvalue weighted by Gasteiger charge is -2.11. The molecule has 3 heterocycles. The van der Waals surface area contributed by atoms with E-state index in [1.807, 2.05) is 43.3 Å². The summed E-state index contributed by atoms with van der Waals surface area (Å²) in [5.41, 5.74) is 4.59. The van der Waals surface area contributed by atoms with Crippen molar-refractivity contribution in [2.75, 3.05) is 6.61 Å². The van der Waals surface area contributed by atoms with Crippen molar-refractivity contribution in [2.45, 2.75) is 39.3 Å². The zero-order valence-corrected chi connectivity index (χ0v) is 22.2. The van der Waals surface area contributed by atoms with E-state index in [4.69, 9.17) is 26.2 Å². The first-order valence-corrected chi connectivity index (χ1v) is 13.5. The maximum absolute atomic E-state index is 14.3. The number of halogens is 2. The first-order chi connectivity index (χ1) is 19.1. The normalized spacial score (nSPS) is 12.9. The number of nitrogens with zero attached hydrogens (tertiary/aromatic N) is 3. The second-order valence-corrected chi connectivity index (χ2v) is 9.88. The quantitative estimate of drug-likeness (QED) is 0.195. The van der Waals surface area contributed by atoms with Crippen LogP contribution in [0, 0.1) is 5.82 Å². The third-order valence-electron chi connectivity index (χ3n) is 7.04. The van der Waals surface area contributed by atoms with E-state index in [1.165, 1.54) is 6.07 Å². The van der Waals surface area contributed by atoms with Crippen molar-refractivity contribution in [2.24, 2.45) is 0 Å². The lowest BCUT2D eigenvalue weighted by molar-refractivity contribution is 0.102. The highest BCUT2D eigenvalue weighted by atomic mass is 35.5. The predicted molar refractivity (Wildman–Crippen MR) is 148 cm³/mol. The van der Waals surface area contributed by atoms with Crippen LogP contribution in [0.2, 0.25) is 5.02 Å². The van der Waals surface area contributed by atoms with Crippen molar-refractivity contribution >= 4 is 23.0 Å². The Morgan fingerprint density at radius 1 is 0.974 bits per heavy atom. The molecule has 2 aromatic heterocycles. The Bertz CT molecular complexity index is 1670. The summed E-state index contributed by atoms with van der Waals surface area (Å²) < 4.78 is 29.8. The van der Waals surface area contributed by atoms with Crippen LogP contribution in [0.4, 0.5) is 4.39 Å². The van der Waals surface area contributed by atoms with E-state index >= 15 is 0 Å². The van der Waals surface area contributed by atoms with Gasteiger partial charge < -0.3 is 14.0 Å². The summed E-state index contributed by atoms with van der Waals surface area (Å²) in [6, 6.07) is 21.1. The second-order valence-electron chi connectivity index (χ2n) is 9.45. The first-order valence-electron chi connectivity index (χ1n) is 13.1. The van der Waals surface area contributed by atoms with Crippen LogP contribution in [-0.2, 0) is 19.6 Å². The standard InChI is InChI=1S/C31H27ClFN3O3/c1-2-38-25-12-5-3-9-22(25)30(37)29-28(20-14-16-21(32)17-15-20)23-10-7-8-18-35-27(34-36(29)31(23)35)19-39-26-13-6-4-11-24(26)33/h3-6,9,11-17H,2,7-8,10,18-19H2,1H3. The zero-order valence-electron chi connectivity index (χ0n) is 21.5. The molecule has 0 atom stereocenters. The molecule has 0 spiro atoms. The fraction of sp³-hybridized carbons (Fsp3) is 0.226. The monoisotopic (exact) mass is 543 g/mol. The Morgan fingerprint density at radius 2 is 1.72 bits per heavy atom. The van der Waals surface area contributed by atoms with Crippen molar-refractivity contribution in [3.05, 3.63) is 106 Å². The molecule has 0 unspecified atom stereocenters. The molecule has 0 aliphatic carbocycles. The Balaban J connectivity index is 1.56. The van der Waals surface area contributed by atoms with Gasteiger partial charge in [0.25, 0.3) is 0 Å². The first kappa shape index (κ1) is 25.2. The van der Waals surface area contributed by atoms with Crippen molar-refractivity contribution in [1.29, 1.82) is 0 Å². The van der Waals surface area contributed by atoms with Crippen molar-refractivity contribution < 1.29 is 18.7 Å². The van der Waals surface area contributed by atoms with E-state index < -0.39 is 5.82 Å². The van der Waals surface area contributed by atoms with Gasteiger partial charge in [-0.1, -0.05) is 48.0 Å². The fourth-order valence-corrected chi connectivity index (χ4v) is 5.44. The summed E-state index contributed by atoms with van der Waals surface area (Å²) >= 11 is 6.22. The van der Waals surface area contributed by atoms with Gasteiger partial charge in [0, 0.05) is 22.7 Å². The van der Waals surface area contributed by atoms with Gasteiger partial charge in [0.2, 0.25) is 5.78 Å². The van der Waals surface area contributed by atoms with Crippen LogP contribution in [0.25, 0.3) is 16.8 Å². The molecule has 6 nitrogen and oxygen atoms in total.